The monoisotopic (exact) mass is 393 g/mol. The van der Waals surface area contributed by atoms with Crippen molar-refractivity contribution in [3.05, 3.63) is 69.6 Å². The van der Waals surface area contributed by atoms with Crippen LogP contribution in [0.5, 0.6) is 0 Å². The first-order valence-corrected chi connectivity index (χ1v) is 8.50. The maximum absolute atomic E-state index is 13.9. The fourth-order valence-corrected chi connectivity index (χ4v) is 3.39. The van der Waals surface area contributed by atoms with Crippen molar-refractivity contribution < 1.29 is 14.0 Å². The molecular weight excluding hydrogens is 385 g/mol. The Morgan fingerprint density at radius 2 is 2.04 bits per heavy atom. The average molecular weight is 394 g/mol. The van der Waals surface area contributed by atoms with E-state index >= 15 is 0 Å². The quantitative estimate of drug-likeness (QED) is 0.639. The van der Waals surface area contributed by atoms with Crippen LogP contribution >= 0.6 is 35.6 Å². The van der Waals surface area contributed by atoms with Crippen LogP contribution < -0.4 is 5.43 Å². The number of carbonyl (C=O) groups is 2. The van der Waals surface area contributed by atoms with Gasteiger partial charge in [-0.3, -0.25) is 20.0 Å². The second kappa shape index (κ2) is 7.30. The molecule has 2 aromatic rings. The van der Waals surface area contributed by atoms with Crippen molar-refractivity contribution in [2.24, 2.45) is 0 Å². The third kappa shape index (κ3) is 3.71. The summed E-state index contributed by atoms with van der Waals surface area (Å²) in [7, 11) is 0. The molecule has 1 N–H and O–H groups in total. The highest BCUT2D eigenvalue weighted by atomic mass is 35.5. The summed E-state index contributed by atoms with van der Waals surface area (Å²) >= 11 is 12.0. The molecule has 25 heavy (non-hydrogen) atoms. The summed E-state index contributed by atoms with van der Waals surface area (Å²) in [6.45, 7) is 0. The van der Waals surface area contributed by atoms with Gasteiger partial charge in [0, 0.05) is 23.5 Å². The predicted molar refractivity (Wildman–Crippen MR) is 98.1 cm³/mol. The number of thioether (sulfide) groups is 1. The minimum absolute atomic E-state index is 0.0881. The molecule has 1 aromatic carbocycles. The number of amides is 2. The molecule has 0 saturated carbocycles. The Morgan fingerprint density at radius 3 is 2.72 bits per heavy atom. The molecule has 9 heteroatoms. The fraction of sp³-hybridized carbons (Fsp3) is 0. The lowest BCUT2D eigenvalue weighted by atomic mass is 10.2. The summed E-state index contributed by atoms with van der Waals surface area (Å²) in [5.41, 5.74) is 2.84. The number of pyridine rings is 1. The SMILES string of the molecule is O=C(NN1C(=O)/C(=C/c2c(F)cccc2Cl)SC1=S)c1ccncc1. The molecule has 2 heterocycles. The van der Waals surface area contributed by atoms with Crippen molar-refractivity contribution in [2.75, 3.05) is 0 Å². The Balaban J connectivity index is 1.83. The van der Waals surface area contributed by atoms with E-state index in [1.807, 2.05) is 0 Å². The van der Waals surface area contributed by atoms with Crippen molar-refractivity contribution in [1.82, 2.24) is 15.4 Å². The highest BCUT2D eigenvalue weighted by Gasteiger charge is 2.34. The number of aromatic nitrogens is 1. The number of rotatable bonds is 3. The van der Waals surface area contributed by atoms with Gasteiger partial charge in [0.05, 0.1) is 9.93 Å². The smallest absolute Gasteiger partial charge is 0.267 e. The van der Waals surface area contributed by atoms with E-state index in [0.717, 1.165) is 16.8 Å². The lowest BCUT2D eigenvalue weighted by Gasteiger charge is -2.15. The van der Waals surface area contributed by atoms with E-state index in [9.17, 15) is 14.0 Å². The lowest BCUT2D eigenvalue weighted by molar-refractivity contribution is -0.123. The van der Waals surface area contributed by atoms with Crippen LogP contribution in [0.15, 0.2) is 47.6 Å². The van der Waals surface area contributed by atoms with Crippen LogP contribution in [0, 0.1) is 5.82 Å². The summed E-state index contributed by atoms with van der Waals surface area (Å²) in [5.74, 6) is -1.63. The Kier molecular flexibility index (Phi) is 5.12. The zero-order valence-corrected chi connectivity index (χ0v) is 14.8. The largest absolute Gasteiger partial charge is 0.285 e. The first-order chi connectivity index (χ1) is 12.0. The number of halogens is 2. The van der Waals surface area contributed by atoms with E-state index in [-0.39, 0.29) is 19.8 Å². The number of hydrogen-bond donors (Lipinski definition) is 1. The second-order valence-electron chi connectivity index (χ2n) is 4.83. The Hall–Kier alpha value is -2.29. The highest BCUT2D eigenvalue weighted by molar-refractivity contribution is 8.26. The van der Waals surface area contributed by atoms with Crippen molar-refractivity contribution in [1.29, 1.82) is 0 Å². The molecule has 0 radical (unpaired) electrons. The molecule has 1 fully saturated rings. The van der Waals surface area contributed by atoms with Gasteiger partial charge in [-0.15, -0.1) is 0 Å². The van der Waals surface area contributed by atoms with E-state index in [0.29, 0.717) is 5.56 Å². The molecule has 0 bridgehead atoms. The Bertz CT molecular complexity index is 885. The van der Waals surface area contributed by atoms with E-state index in [4.69, 9.17) is 23.8 Å². The van der Waals surface area contributed by atoms with Gasteiger partial charge >= 0.3 is 0 Å². The highest BCUT2D eigenvalue weighted by Crippen LogP contribution is 2.33. The van der Waals surface area contributed by atoms with Gasteiger partial charge in [-0.1, -0.05) is 29.4 Å². The van der Waals surface area contributed by atoms with Gasteiger partial charge in [-0.25, -0.2) is 4.39 Å². The van der Waals surface area contributed by atoms with Crippen molar-refractivity contribution >= 4 is 57.8 Å². The molecule has 5 nitrogen and oxygen atoms in total. The Morgan fingerprint density at radius 1 is 1.32 bits per heavy atom. The number of benzene rings is 1. The first-order valence-electron chi connectivity index (χ1n) is 6.90. The van der Waals surface area contributed by atoms with Crippen LogP contribution in [-0.4, -0.2) is 26.1 Å². The van der Waals surface area contributed by atoms with E-state index in [2.05, 4.69) is 10.4 Å². The predicted octanol–water partition coefficient (Wildman–Crippen LogP) is 3.42. The van der Waals surface area contributed by atoms with Gasteiger partial charge in [0.25, 0.3) is 11.8 Å². The van der Waals surface area contributed by atoms with E-state index in [1.54, 1.807) is 0 Å². The summed E-state index contributed by atoms with van der Waals surface area (Å²) < 4.78 is 14.0. The molecule has 1 aliphatic heterocycles. The van der Waals surface area contributed by atoms with Crippen LogP contribution in [0.25, 0.3) is 6.08 Å². The minimum Gasteiger partial charge on any atom is -0.267 e. The maximum Gasteiger partial charge on any atom is 0.285 e. The van der Waals surface area contributed by atoms with Gasteiger partial charge in [-0.2, -0.15) is 5.01 Å². The average Bonchev–Trinajstić information content (AvgIpc) is 2.86. The van der Waals surface area contributed by atoms with E-state index in [1.165, 1.54) is 48.8 Å². The number of nitrogens with zero attached hydrogens (tertiary/aromatic N) is 2. The van der Waals surface area contributed by atoms with Gasteiger partial charge in [0.1, 0.15) is 5.82 Å². The van der Waals surface area contributed by atoms with Crippen LogP contribution in [0.3, 0.4) is 0 Å². The number of hydrazine groups is 1. The molecule has 0 spiro atoms. The van der Waals surface area contributed by atoms with Crippen molar-refractivity contribution in [2.45, 2.75) is 0 Å². The molecule has 1 aromatic heterocycles. The molecule has 0 aliphatic carbocycles. The van der Waals surface area contributed by atoms with Crippen molar-refractivity contribution in [3.63, 3.8) is 0 Å². The Labute approximate surface area is 156 Å². The summed E-state index contributed by atoms with van der Waals surface area (Å²) in [6.07, 6.45) is 4.23. The summed E-state index contributed by atoms with van der Waals surface area (Å²) in [5, 5.41) is 1.12. The molecule has 1 aliphatic rings. The second-order valence-corrected chi connectivity index (χ2v) is 6.91. The van der Waals surface area contributed by atoms with Crippen LogP contribution in [0.1, 0.15) is 15.9 Å². The third-order valence-electron chi connectivity index (χ3n) is 3.22. The van der Waals surface area contributed by atoms with Gasteiger partial charge in [0.15, 0.2) is 4.32 Å². The molecule has 2 amide bonds. The van der Waals surface area contributed by atoms with Crippen LogP contribution in [0.4, 0.5) is 4.39 Å². The maximum atomic E-state index is 13.9. The van der Waals surface area contributed by atoms with Crippen molar-refractivity contribution in [3.8, 4) is 0 Å². The minimum atomic E-state index is -0.559. The molecule has 0 unspecified atom stereocenters. The van der Waals surface area contributed by atoms with Gasteiger partial charge in [-0.05, 0) is 42.6 Å². The number of thiocarbonyl (C=S) groups is 1. The third-order valence-corrected chi connectivity index (χ3v) is 4.86. The van der Waals surface area contributed by atoms with E-state index < -0.39 is 17.6 Å². The van der Waals surface area contributed by atoms with Gasteiger partial charge in [0.2, 0.25) is 0 Å². The number of carbonyl (C=O) groups excluding carboxylic acids is 2. The normalized spacial score (nSPS) is 15.8. The number of nitrogens with one attached hydrogen (secondary N) is 1. The molecule has 1 saturated heterocycles. The first kappa shape index (κ1) is 17.5. The molecule has 3 rings (SSSR count). The molecular formula is C16H9ClFN3O2S2. The lowest BCUT2D eigenvalue weighted by Crippen LogP contribution is -2.44. The zero-order valence-electron chi connectivity index (χ0n) is 12.4. The molecule has 126 valence electrons. The number of hydrogen-bond acceptors (Lipinski definition) is 5. The fourth-order valence-electron chi connectivity index (χ4n) is 2.01. The molecule has 0 atom stereocenters. The summed E-state index contributed by atoms with van der Waals surface area (Å²) in [6, 6.07) is 7.23. The standard InChI is InChI=1S/C16H9ClFN3O2S2/c17-11-2-1-3-12(18)10(11)8-13-15(23)21(16(24)25-13)20-14(22)9-4-6-19-7-5-9/h1-8H,(H,20,22)/b13-8-. The van der Waals surface area contributed by atoms with Crippen LogP contribution in [-0.2, 0) is 4.79 Å². The summed E-state index contributed by atoms with van der Waals surface area (Å²) in [4.78, 5) is 28.6. The topological polar surface area (TPSA) is 62.3 Å². The van der Waals surface area contributed by atoms with Crippen LogP contribution in [0.2, 0.25) is 5.02 Å². The zero-order chi connectivity index (χ0) is 18.0. The van der Waals surface area contributed by atoms with Gasteiger partial charge < -0.3 is 0 Å².